The van der Waals surface area contributed by atoms with Gasteiger partial charge in [-0.25, -0.2) is 9.18 Å². The Morgan fingerprint density at radius 2 is 1.58 bits per heavy atom. The summed E-state index contributed by atoms with van der Waals surface area (Å²) in [5.41, 5.74) is 1.37. The van der Waals surface area contributed by atoms with Crippen LogP contribution in [0.4, 0.5) is 9.18 Å². The molecule has 2 aromatic carbocycles. The smallest absolute Gasteiger partial charge is 0.410 e. The maximum absolute atomic E-state index is 13.5. The van der Waals surface area contributed by atoms with Gasteiger partial charge in [-0.05, 0) is 56.2 Å². The zero-order chi connectivity index (χ0) is 22.3. The van der Waals surface area contributed by atoms with Gasteiger partial charge in [0.15, 0.2) is 0 Å². The van der Waals surface area contributed by atoms with Gasteiger partial charge in [0.05, 0.1) is 17.2 Å². The molecule has 0 spiro atoms. The largest absolute Gasteiger partial charge is 0.444 e. The minimum Gasteiger partial charge on any atom is -0.444 e. The third kappa shape index (κ3) is 3.95. The summed E-state index contributed by atoms with van der Waals surface area (Å²) in [5.74, 6) is -1.21. The Morgan fingerprint density at radius 3 is 2.13 bits per heavy atom. The quantitative estimate of drug-likeness (QED) is 0.683. The molecule has 160 valence electrons. The SMILES string of the molecule is CC(C)(C)OC(=O)N1CC=C(c2ccc(F)cc2)[C@@H](N2C(=O)c3ccccc3C2=O)C1. The molecule has 0 saturated carbocycles. The van der Waals surface area contributed by atoms with E-state index in [-0.39, 0.29) is 18.9 Å². The molecule has 0 fully saturated rings. The number of halogens is 1. The summed E-state index contributed by atoms with van der Waals surface area (Å²) in [6.45, 7) is 5.66. The predicted octanol–water partition coefficient (Wildman–Crippen LogP) is 4.12. The predicted molar refractivity (Wildman–Crippen MR) is 113 cm³/mol. The molecule has 7 heteroatoms. The van der Waals surface area contributed by atoms with Crippen molar-refractivity contribution in [2.45, 2.75) is 32.4 Å². The zero-order valence-electron chi connectivity index (χ0n) is 17.6. The second-order valence-electron chi connectivity index (χ2n) is 8.59. The summed E-state index contributed by atoms with van der Waals surface area (Å²) < 4.78 is 19.0. The molecule has 2 aliphatic heterocycles. The van der Waals surface area contributed by atoms with Crippen molar-refractivity contribution in [3.63, 3.8) is 0 Å². The van der Waals surface area contributed by atoms with E-state index in [1.807, 2.05) is 0 Å². The molecule has 0 N–H and O–H groups in total. The average molecular weight is 422 g/mol. The first kappa shape index (κ1) is 20.8. The average Bonchev–Trinajstić information content (AvgIpc) is 2.98. The van der Waals surface area contributed by atoms with Gasteiger partial charge in [-0.15, -0.1) is 0 Å². The maximum Gasteiger partial charge on any atom is 0.410 e. The highest BCUT2D eigenvalue weighted by Crippen LogP contribution is 2.33. The van der Waals surface area contributed by atoms with Crippen molar-refractivity contribution < 1.29 is 23.5 Å². The van der Waals surface area contributed by atoms with Gasteiger partial charge in [0.25, 0.3) is 11.8 Å². The number of amides is 3. The van der Waals surface area contributed by atoms with Crippen molar-refractivity contribution in [3.05, 3.63) is 77.1 Å². The van der Waals surface area contributed by atoms with Crippen molar-refractivity contribution in [1.82, 2.24) is 9.80 Å². The minimum atomic E-state index is -0.723. The van der Waals surface area contributed by atoms with Crippen LogP contribution in [0.2, 0.25) is 0 Å². The van der Waals surface area contributed by atoms with Crippen LogP contribution >= 0.6 is 0 Å². The van der Waals surface area contributed by atoms with Gasteiger partial charge in [-0.1, -0.05) is 30.3 Å². The van der Waals surface area contributed by atoms with Gasteiger partial charge in [0, 0.05) is 13.1 Å². The van der Waals surface area contributed by atoms with E-state index in [2.05, 4.69) is 0 Å². The first-order valence-electron chi connectivity index (χ1n) is 10.1. The van der Waals surface area contributed by atoms with Crippen molar-refractivity contribution in [2.75, 3.05) is 13.1 Å². The Hall–Kier alpha value is -3.48. The van der Waals surface area contributed by atoms with Crippen molar-refractivity contribution >= 4 is 23.5 Å². The van der Waals surface area contributed by atoms with E-state index in [9.17, 15) is 18.8 Å². The molecule has 0 bridgehead atoms. The zero-order valence-corrected chi connectivity index (χ0v) is 17.6. The Bertz CT molecular complexity index is 1050. The molecule has 0 aliphatic carbocycles. The van der Waals surface area contributed by atoms with E-state index in [1.165, 1.54) is 21.9 Å². The molecule has 6 nitrogen and oxygen atoms in total. The molecule has 0 unspecified atom stereocenters. The second kappa shape index (κ2) is 7.65. The Labute approximate surface area is 179 Å². The molecule has 2 heterocycles. The van der Waals surface area contributed by atoms with Crippen LogP contribution in [0.25, 0.3) is 5.57 Å². The van der Waals surface area contributed by atoms with E-state index in [0.717, 1.165) is 0 Å². The normalized spacial score (nSPS) is 18.7. The first-order valence-corrected chi connectivity index (χ1v) is 10.1. The summed E-state index contributed by atoms with van der Waals surface area (Å²) in [4.78, 5) is 41.6. The highest BCUT2D eigenvalue weighted by atomic mass is 19.1. The van der Waals surface area contributed by atoms with Crippen LogP contribution in [-0.2, 0) is 4.74 Å². The molecular formula is C24H23FN2O4. The fraction of sp³-hybridized carbons (Fsp3) is 0.292. The van der Waals surface area contributed by atoms with Crippen LogP contribution in [0.1, 0.15) is 47.1 Å². The number of hydrogen-bond donors (Lipinski definition) is 0. The Kier molecular flexibility index (Phi) is 5.13. The monoisotopic (exact) mass is 422 g/mol. The lowest BCUT2D eigenvalue weighted by atomic mass is 9.93. The molecule has 2 aliphatic rings. The highest BCUT2D eigenvalue weighted by molar-refractivity contribution is 6.22. The molecule has 3 amide bonds. The number of carbonyl (C=O) groups is 3. The number of imide groups is 1. The minimum absolute atomic E-state index is 0.0869. The van der Waals surface area contributed by atoms with Gasteiger partial charge in [0.2, 0.25) is 0 Å². The van der Waals surface area contributed by atoms with Gasteiger partial charge >= 0.3 is 6.09 Å². The molecule has 0 radical (unpaired) electrons. The third-order valence-corrected chi connectivity index (χ3v) is 5.25. The second-order valence-corrected chi connectivity index (χ2v) is 8.59. The molecule has 0 saturated heterocycles. The number of fused-ring (bicyclic) bond motifs is 1. The van der Waals surface area contributed by atoms with Gasteiger partial charge in [-0.2, -0.15) is 0 Å². The number of ether oxygens (including phenoxy) is 1. The van der Waals surface area contributed by atoms with E-state index < -0.39 is 29.6 Å². The third-order valence-electron chi connectivity index (χ3n) is 5.25. The number of rotatable bonds is 2. The summed E-state index contributed by atoms with van der Waals surface area (Å²) in [6, 6.07) is 11.8. The lowest BCUT2D eigenvalue weighted by Crippen LogP contribution is -2.52. The summed E-state index contributed by atoms with van der Waals surface area (Å²) in [6.07, 6.45) is 1.26. The van der Waals surface area contributed by atoms with E-state index in [1.54, 1.807) is 63.2 Å². The van der Waals surface area contributed by atoms with Gasteiger partial charge < -0.3 is 9.64 Å². The Balaban J connectivity index is 1.72. The van der Waals surface area contributed by atoms with Crippen LogP contribution in [0.3, 0.4) is 0 Å². The molecule has 2 aromatic rings. The topological polar surface area (TPSA) is 66.9 Å². The molecule has 1 atom stereocenters. The lowest BCUT2D eigenvalue weighted by molar-refractivity contribution is 0.0216. The van der Waals surface area contributed by atoms with E-state index >= 15 is 0 Å². The number of hydrogen-bond acceptors (Lipinski definition) is 4. The van der Waals surface area contributed by atoms with Crippen molar-refractivity contribution in [2.24, 2.45) is 0 Å². The summed E-state index contributed by atoms with van der Waals surface area (Å²) in [7, 11) is 0. The number of benzene rings is 2. The molecular weight excluding hydrogens is 399 g/mol. The number of carbonyl (C=O) groups excluding carboxylic acids is 3. The summed E-state index contributed by atoms with van der Waals surface area (Å²) in [5, 5.41) is 0. The highest BCUT2D eigenvalue weighted by Gasteiger charge is 2.43. The first-order chi connectivity index (χ1) is 14.7. The number of nitrogens with zero attached hydrogens (tertiary/aromatic N) is 2. The Morgan fingerprint density at radius 1 is 1.00 bits per heavy atom. The molecule has 0 aromatic heterocycles. The van der Waals surface area contributed by atoms with Crippen molar-refractivity contribution in [1.29, 1.82) is 0 Å². The standard InChI is InChI=1S/C24H23FN2O4/c1-24(2,3)31-23(30)26-13-12-17(15-8-10-16(25)11-9-15)20(14-26)27-21(28)18-6-4-5-7-19(18)22(27)29/h4-12,20H,13-14H2,1-3H3/t20-/m0/s1. The molecule has 4 rings (SSSR count). The maximum atomic E-state index is 13.5. The van der Waals surface area contributed by atoms with Crippen LogP contribution in [0.15, 0.2) is 54.6 Å². The van der Waals surface area contributed by atoms with Crippen LogP contribution in [-0.4, -0.2) is 52.4 Å². The summed E-state index contributed by atoms with van der Waals surface area (Å²) >= 11 is 0. The van der Waals surface area contributed by atoms with Crippen LogP contribution in [0, 0.1) is 5.82 Å². The van der Waals surface area contributed by atoms with Crippen LogP contribution in [0.5, 0.6) is 0 Å². The van der Waals surface area contributed by atoms with Crippen LogP contribution < -0.4 is 0 Å². The van der Waals surface area contributed by atoms with Crippen molar-refractivity contribution in [3.8, 4) is 0 Å². The fourth-order valence-electron chi connectivity index (χ4n) is 3.87. The molecule has 31 heavy (non-hydrogen) atoms. The van der Waals surface area contributed by atoms with Gasteiger partial charge in [-0.3, -0.25) is 14.5 Å². The lowest BCUT2D eigenvalue weighted by Gasteiger charge is -2.37. The fourth-order valence-corrected chi connectivity index (χ4v) is 3.87. The van der Waals surface area contributed by atoms with Gasteiger partial charge in [0.1, 0.15) is 11.4 Å². The van der Waals surface area contributed by atoms with E-state index in [0.29, 0.717) is 22.3 Å². The van der Waals surface area contributed by atoms with E-state index in [4.69, 9.17) is 4.74 Å².